The molecule has 0 atom stereocenters. The van der Waals surface area contributed by atoms with E-state index in [1.165, 1.54) is 11.1 Å². The number of hydrogen-bond donors (Lipinski definition) is 1. The summed E-state index contributed by atoms with van der Waals surface area (Å²) >= 11 is 0. The van der Waals surface area contributed by atoms with E-state index < -0.39 is 27.7 Å². The molecule has 10 nitrogen and oxygen atoms in total. The highest BCUT2D eigenvalue weighted by molar-refractivity contribution is 7.93. The molecule has 184 valence electrons. The largest absolute Gasteiger partial charge is 0.491 e. The molecule has 1 N–H and O–H groups in total. The summed E-state index contributed by atoms with van der Waals surface area (Å²) in [5, 5.41) is 0. The molecule has 0 aliphatic carbocycles. The molecule has 11 heteroatoms. The quantitative estimate of drug-likeness (QED) is 0.531. The van der Waals surface area contributed by atoms with Gasteiger partial charge in [-0.25, -0.2) is 18.2 Å². The lowest BCUT2D eigenvalue weighted by atomic mass is 10.2. The second-order valence-electron chi connectivity index (χ2n) is 8.05. The lowest BCUT2D eigenvalue weighted by Crippen LogP contribution is -2.50. The Morgan fingerprint density at radius 3 is 2.29 bits per heavy atom. The van der Waals surface area contributed by atoms with Gasteiger partial charge in [-0.15, -0.1) is 0 Å². The van der Waals surface area contributed by atoms with Crippen molar-refractivity contribution in [2.24, 2.45) is 0 Å². The number of sulfonamides is 1. The van der Waals surface area contributed by atoms with Crippen LogP contribution in [0, 0.1) is 0 Å². The van der Waals surface area contributed by atoms with Crippen molar-refractivity contribution < 1.29 is 27.5 Å². The highest BCUT2D eigenvalue weighted by Crippen LogP contribution is 2.19. The van der Waals surface area contributed by atoms with Gasteiger partial charge in [0.2, 0.25) is 15.9 Å². The first-order valence-electron chi connectivity index (χ1n) is 11.1. The Kier molecular flexibility index (Phi) is 8.32. The van der Waals surface area contributed by atoms with Gasteiger partial charge in [-0.3, -0.25) is 9.52 Å². The average Bonchev–Trinajstić information content (AvgIpc) is 2.80. The van der Waals surface area contributed by atoms with Crippen molar-refractivity contribution >= 4 is 33.4 Å². The zero-order valence-corrected chi connectivity index (χ0v) is 20.4. The fraction of sp³-hybridized carbons (Fsp3) is 0.435. The number of rotatable bonds is 9. The van der Waals surface area contributed by atoms with Crippen LogP contribution in [0.15, 0.2) is 42.6 Å². The van der Waals surface area contributed by atoms with E-state index in [1.807, 2.05) is 18.7 Å². The lowest BCUT2D eigenvalue weighted by Gasteiger charge is -2.35. The summed E-state index contributed by atoms with van der Waals surface area (Å²) in [5.41, 5.74) is 0.741. The third-order valence-corrected chi connectivity index (χ3v) is 6.20. The van der Waals surface area contributed by atoms with Crippen molar-refractivity contribution in [2.75, 3.05) is 48.2 Å². The average molecular weight is 491 g/mol. The van der Waals surface area contributed by atoms with Gasteiger partial charge in [-0.05, 0) is 57.2 Å². The van der Waals surface area contributed by atoms with Crippen molar-refractivity contribution in [1.82, 2.24) is 9.88 Å². The third-order valence-electron chi connectivity index (χ3n) is 5.03. The predicted molar refractivity (Wildman–Crippen MR) is 129 cm³/mol. The van der Waals surface area contributed by atoms with E-state index in [4.69, 9.17) is 9.47 Å². The molecule has 1 saturated heterocycles. The Hall–Kier alpha value is -3.34. The number of esters is 1. The summed E-state index contributed by atoms with van der Waals surface area (Å²) < 4.78 is 37.9. The molecule has 0 saturated carbocycles. The molecule has 0 radical (unpaired) electrons. The van der Waals surface area contributed by atoms with Gasteiger partial charge in [0.15, 0.2) is 0 Å². The maximum atomic E-state index is 12.6. The highest BCUT2D eigenvalue weighted by Gasteiger charge is 2.26. The van der Waals surface area contributed by atoms with Crippen molar-refractivity contribution in [3.05, 3.63) is 48.2 Å². The van der Waals surface area contributed by atoms with Gasteiger partial charge in [0, 0.05) is 38.1 Å². The van der Waals surface area contributed by atoms with E-state index in [0.29, 0.717) is 55.6 Å². The topological polar surface area (TPSA) is 118 Å². The number of hydrogen-bond acceptors (Lipinski definition) is 8. The second kappa shape index (κ2) is 11.2. The number of piperazine rings is 1. The van der Waals surface area contributed by atoms with Crippen molar-refractivity contribution in [3.8, 4) is 5.75 Å². The number of anilines is 2. The minimum atomic E-state index is -3.85. The summed E-state index contributed by atoms with van der Waals surface area (Å²) in [6.45, 7) is 7.59. The van der Waals surface area contributed by atoms with Crippen LogP contribution in [-0.2, 0) is 19.6 Å². The minimum Gasteiger partial charge on any atom is -0.491 e. The molecular weight excluding hydrogens is 460 g/mol. The number of aromatic nitrogens is 1. The maximum Gasteiger partial charge on any atom is 0.339 e. The smallest absolute Gasteiger partial charge is 0.339 e. The molecule has 1 aliphatic heterocycles. The molecule has 3 rings (SSSR count). The summed E-state index contributed by atoms with van der Waals surface area (Å²) in [5.74, 6) is -0.204. The Bertz CT molecular complexity index is 1080. The van der Waals surface area contributed by atoms with E-state index >= 15 is 0 Å². The van der Waals surface area contributed by atoms with E-state index in [-0.39, 0.29) is 6.10 Å². The molecular formula is C23H30N4O6S. The minimum absolute atomic E-state index is 0.0142. The second-order valence-corrected chi connectivity index (χ2v) is 9.77. The SMILES string of the molecule is CCOC(=O)c1ccc(N2CCN(C(=O)CS(=O)(=O)Nc3ccc(OC(C)C)cc3)CC2)nc1. The van der Waals surface area contributed by atoms with Crippen LogP contribution in [0.5, 0.6) is 5.75 Å². The molecule has 1 fully saturated rings. The van der Waals surface area contributed by atoms with Gasteiger partial charge in [0.05, 0.1) is 18.3 Å². The number of ether oxygens (including phenoxy) is 2. The van der Waals surface area contributed by atoms with Gasteiger partial charge in [-0.1, -0.05) is 0 Å². The predicted octanol–water partition coefficient (Wildman–Crippen LogP) is 2.14. The number of benzene rings is 1. The molecule has 1 aliphatic rings. The highest BCUT2D eigenvalue weighted by atomic mass is 32.2. The van der Waals surface area contributed by atoms with Crippen LogP contribution in [0.2, 0.25) is 0 Å². The maximum absolute atomic E-state index is 12.6. The van der Waals surface area contributed by atoms with Gasteiger partial charge < -0.3 is 19.3 Å². The number of carbonyl (C=O) groups is 2. The first-order valence-corrected chi connectivity index (χ1v) is 12.7. The molecule has 2 aromatic rings. The number of nitrogens with zero attached hydrogens (tertiary/aromatic N) is 3. The first kappa shape index (κ1) is 25.3. The van der Waals surface area contributed by atoms with Gasteiger partial charge >= 0.3 is 5.97 Å². The standard InChI is InChI=1S/C23H30N4O6S/c1-4-32-23(29)18-5-10-21(24-15-18)26-11-13-27(14-12-26)22(28)16-34(30,31)25-19-6-8-20(9-7-19)33-17(2)3/h5-10,15,17,25H,4,11-14,16H2,1-3H3. The zero-order valence-electron chi connectivity index (χ0n) is 19.6. The Morgan fingerprint density at radius 1 is 1.06 bits per heavy atom. The summed E-state index contributed by atoms with van der Waals surface area (Å²) in [4.78, 5) is 32.2. The number of amides is 1. The first-order chi connectivity index (χ1) is 16.2. The van der Waals surface area contributed by atoms with Gasteiger partial charge in [0.25, 0.3) is 0 Å². The lowest BCUT2D eigenvalue weighted by molar-refractivity contribution is -0.128. The molecule has 34 heavy (non-hydrogen) atoms. The van der Waals surface area contributed by atoms with Crippen LogP contribution in [0.4, 0.5) is 11.5 Å². The van der Waals surface area contributed by atoms with Crippen LogP contribution < -0.4 is 14.4 Å². The van der Waals surface area contributed by atoms with Crippen LogP contribution in [0.3, 0.4) is 0 Å². The van der Waals surface area contributed by atoms with E-state index in [2.05, 4.69) is 9.71 Å². The number of carbonyl (C=O) groups excluding carboxylic acids is 2. The summed E-state index contributed by atoms with van der Waals surface area (Å²) in [6, 6.07) is 9.92. The zero-order chi connectivity index (χ0) is 24.7. The van der Waals surface area contributed by atoms with E-state index in [9.17, 15) is 18.0 Å². The van der Waals surface area contributed by atoms with Crippen molar-refractivity contribution in [2.45, 2.75) is 26.9 Å². The molecule has 0 unspecified atom stereocenters. The molecule has 2 heterocycles. The molecule has 1 aromatic heterocycles. The van der Waals surface area contributed by atoms with Crippen LogP contribution in [0.1, 0.15) is 31.1 Å². The van der Waals surface area contributed by atoms with Gasteiger partial charge in [-0.2, -0.15) is 0 Å². The normalized spacial score (nSPS) is 14.1. The van der Waals surface area contributed by atoms with E-state index in [1.54, 1.807) is 43.3 Å². The van der Waals surface area contributed by atoms with Crippen LogP contribution >= 0.6 is 0 Å². The molecule has 0 bridgehead atoms. The summed E-state index contributed by atoms with van der Waals surface area (Å²) in [7, 11) is -3.85. The van der Waals surface area contributed by atoms with Crippen molar-refractivity contribution in [1.29, 1.82) is 0 Å². The van der Waals surface area contributed by atoms with Crippen LogP contribution in [0.25, 0.3) is 0 Å². The Balaban J connectivity index is 1.50. The Labute approximate surface area is 199 Å². The molecule has 1 amide bonds. The third kappa shape index (κ3) is 7.08. The number of nitrogens with one attached hydrogen (secondary N) is 1. The van der Waals surface area contributed by atoms with E-state index in [0.717, 1.165) is 0 Å². The molecule has 0 spiro atoms. The van der Waals surface area contributed by atoms with Crippen LogP contribution in [-0.4, -0.2) is 74.8 Å². The molecule has 1 aromatic carbocycles. The Morgan fingerprint density at radius 2 is 1.74 bits per heavy atom. The number of pyridine rings is 1. The van der Waals surface area contributed by atoms with Gasteiger partial charge in [0.1, 0.15) is 17.3 Å². The fourth-order valence-corrected chi connectivity index (χ4v) is 4.51. The monoisotopic (exact) mass is 490 g/mol. The fourth-order valence-electron chi connectivity index (χ4n) is 3.44. The van der Waals surface area contributed by atoms with Crippen molar-refractivity contribution in [3.63, 3.8) is 0 Å². The summed E-state index contributed by atoms with van der Waals surface area (Å²) in [6.07, 6.45) is 1.48.